The summed E-state index contributed by atoms with van der Waals surface area (Å²) in [6.45, 7) is 0.663. The summed E-state index contributed by atoms with van der Waals surface area (Å²) in [5.74, 6) is 0.152. The Hall–Kier alpha value is -3.59. The van der Waals surface area contributed by atoms with E-state index in [4.69, 9.17) is 16.7 Å². The molecular weight excluding hydrogens is 435 g/mol. The van der Waals surface area contributed by atoms with E-state index < -0.39 is 12.1 Å². The maximum absolute atomic E-state index is 13.5. The second kappa shape index (κ2) is 7.52. The van der Waals surface area contributed by atoms with Crippen LogP contribution in [0.15, 0.2) is 58.6 Å². The van der Waals surface area contributed by atoms with Crippen molar-refractivity contribution in [3.8, 4) is 0 Å². The zero-order valence-corrected chi connectivity index (χ0v) is 18.1. The number of amidine groups is 1. The number of benzene rings is 2. The van der Waals surface area contributed by atoms with Gasteiger partial charge in [0.2, 0.25) is 11.9 Å². The molecule has 1 atom stereocenters. The Bertz CT molecular complexity index is 1220. The van der Waals surface area contributed by atoms with Crippen molar-refractivity contribution in [1.29, 1.82) is 0 Å². The first-order valence-electron chi connectivity index (χ1n) is 9.96. The third-order valence-electron chi connectivity index (χ3n) is 5.73. The van der Waals surface area contributed by atoms with E-state index >= 15 is 0 Å². The molecule has 1 saturated heterocycles. The summed E-state index contributed by atoms with van der Waals surface area (Å²) in [5, 5.41) is 7.09. The van der Waals surface area contributed by atoms with Crippen LogP contribution in [0.2, 0.25) is 5.02 Å². The molecule has 8 nitrogen and oxygen atoms in total. The molecule has 10 heteroatoms. The lowest BCUT2D eigenvalue weighted by molar-refractivity contribution is -0.527. The van der Waals surface area contributed by atoms with Gasteiger partial charge in [0.15, 0.2) is 0 Å². The fraction of sp³-hybridized carbons (Fsp3) is 0.227. The van der Waals surface area contributed by atoms with Crippen LogP contribution < -0.4 is 0 Å². The normalized spacial score (nSPS) is 20.4. The van der Waals surface area contributed by atoms with Gasteiger partial charge >= 0.3 is 12.0 Å². The lowest BCUT2D eigenvalue weighted by atomic mass is 10.1. The molecular formula is C22H19ClFN6O2+. The molecule has 3 amide bonds. The van der Waals surface area contributed by atoms with Gasteiger partial charge in [-0.05, 0) is 29.8 Å². The largest absolute Gasteiger partial charge is 0.417 e. The van der Waals surface area contributed by atoms with Crippen molar-refractivity contribution in [3.63, 3.8) is 0 Å². The van der Waals surface area contributed by atoms with Crippen molar-refractivity contribution in [2.75, 3.05) is 20.6 Å². The highest BCUT2D eigenvalue weighted by atomic mass is 35.5. The number of hydrazone groups is 1. The average Bonchev–Trinajstić information content (AvgIpc) is 3.18. The van der Waals surface area contributed by atoms with Crippen molar-refractivity contribution in [1.82, 2.24) is 14.8 Å². The first kappa shape index (κ1) is 20.3. The summed E-state index contributed by atoms with van der Waals surface area (Å²) >= 11 is 6.02. The summed E-state index contributed by atoms with van der Waals surface area (Å²) in [7, 11) is 3.06. The number of aliphatic imine (C=N–C) groups is 1. The van der Waals surface area contributed by atoms with Crippen molar-refractivity contribution >= 4 is 41.0 Å². The third kappa shape index (κ3) is 3.25. The number of urea groups is 1. The van der Waals surface area contributed by atoms with E-state index in [0.29, 0.717) is 29.1 Å². The summed E-state index contributed by atoms with van der Waals surface area (Å²) < 4.78 is 15.3. The smallest absolute Gasteiger partial charge is 0.270 e. The Morgan fingerprint density at radius 3 is 2.44 bits per heavy atom. The number of fused-ring (bicyclic) bond motifs is 2. The van der Waals surface area contributed by atoms with E-state index in [2.05, 4.69) is 4.99 Å². The number of hydrogen-bond acceptors (Lipinski definition) is 5. The Labute approximate surface area is 188 Å². The number of hydrogen-bond donors (Lipinski definition) is 0. The van der Waals surface area contributed by atoms with Gasteiger partial charge in [0, 0.05) is 24.7 Å². The molecule has 0 spiro atoms. The predicted molar refractivity (Wildman–Crippen MR) is 117 cm³/mol. The summed E-state index contributed by atoms with van der Waals surface area (Å²) in [6, 6.07) is 12.2. The predicted octanol–water partition coefficient (Wildman–Crippen LogP) is 2.37. The number of likely N-dealkylation sites (N-methyl/N-ethyl adjacent to an activating group) is 2. The van der Waals surface area contributed by atoms with Gasteiger partial charge in [0.25, 0.3) is 5.91 Å². The SMILES string of the molecule is CN1C(=O)C2C(=NC3=[N+]2CC(c2ccc(F)cc2)=NN3Cc2ccc(Cl)cc2)N(C)C1=O. The molecule has 2 aromatic rings. The Balaban J connectivity index is 1.58. The van der Waals surface area contributed by atoms with Crippen molar-refractivity contribution in [2.45, 2.75) is 12.6 Å². The van der Waals surface area contributed by atoms with E-state index in [1.165, 1.54) is 24.1 Å². The van der Waals surface area contributed by atoms with Crippen LogP contribution in [-0.4, -0.2) is 75.5 Å². The molecule has 0 N–H and O–H groups in total. The van der Waals surface area contributed by atoms with Crippen molar-refractivity contribution in [3.05, 3.63) is 70.5 Å². The first-order chi connectivity index (χ1) is 15.3. The molecule has 0 aromatic heterocycles. The van der Waals surface area contributed by atoms with E-state index in [0.717, 1.165) is 16.0 Å². The molecule has 5 rings (SSSR count). The highest BCUT2D eigenvalue weighted by Crippen LogP contribution is 2.24. The van der Waals surface area contributed by atoms with Crippen LogP contribution in [0.5, 0.6) is 0 Å². The van der Waals surface area contributed by atoms with Gasteiger partial charge in [0.1, 0.15) is 24.6 Å². The summed E-state index contributed by atoms with van der Waals surface area (Å²) in [5.41, 5.74) is 2.34. The molecule has 3 heterocycles. The summed E-state index contributed by atoms with van der Waals surface area (Å²) in [4.78, 5) is 32.6. The number of carbonyl (C=O) groups is 2. The minimum Gasteiger partial charge on any atom is -0.270 e. The van der Waals surface area contributed by atoms with Gasteiger partial charge in [-0.15, -0.1) is 10.1 Å². The van der Waals surface area contributed by atoms with Crippen LogP contribution in [0.1, 0.15) is 11.1 Å². The maximum atomic E-state index is 13.5. The van der Waals surface area contributed by atoms with Gasteiger partial charge in [-0.1, -0.05) is 40.9 Å². The van der Waals surface area contributed by atoms with Crippen LogP contribution in [0.4, 0.5) is 9.18 Å². The number of rotatable bonds is 3. The molecule has 32 heavy (non-hydrogen) atoms. The maximum Gasteiger partial charge on any atom is 0.417 e. The molecule has 3 aliphatic heterocycles. The zero-order valence-electron chi connectivity index (χ0n) is 17.4. The van der Waals surface area contributed by atoms with Crippen molar-refractivity contribution in [2.24, 2.45) is 10.1 Å². The van der Waals surface area contributed by atoms with Gasteiger partial charge < -0.3 is 0 Å². The molecule has 0 saturated carbocycles. The second-order valence-electron chi connectivity index (χ2n) is 7.78. The molecule has 3 aliphatic rings. The number of nitrogens with zero attached hydrogens (tertiary/aromatic N) is 6. The highest BCUT2D eigenvalue weighted by Gasteiger charge is 2.54. The Morgan fingerprint density at radius 2 is 1.75 bits per heavy atom. The lowest BCUT2D eigenvalue weighted by Gasteiger charge is -2.32. The highest BCUT2D eigenvalue weighted by molar-refractivity contribution is 6.30. The van der Waals surface area contributed by atoms with Gasteiger partial charge in [-0.3, -0.25) is 14.6 Å². The molecule has 162 valence electrons. The molecule has 0 radical (unpaired) electrons. The van der Waals surface area contributed by atoms with Crippen LogP contribution in [0.25, 0.3) is 0 Å². The number of amides is 3. The van der Waals surface area contributed by atoms with E-state index in [1.54, 1.807) is 36.3 Å². The third-order valence-corrected chi connectivity index (χ3v) is 5.98. The first-order valence-corrected chi connectivity index (χ1v) is 10.3. The molecule has 2 aromatic carbocycles. The molecule has 1 fully saturated rings. The topological polar surface area (TPSA) is 71.6 Å². The fourth-order valence-corrected chi connectivity index (χ4v) is 4.12. The molecule has 0 bridgehead atoms. The van der Waals surface area contributed by atoms with Crippen LogP contribution in [0, 0.1) is 5.82 Å². The number of guanidine groups is 1. The van der Waals surface area contributed by atoms with Gasteiger partial charge in [-0.2, -0.15) is 0 Å². The van der Waals surface area contributed by atoms with Crippen LogP contribution in [0.3, 0.4) is 0 Å². The standard InChI is InChI=1S/C22H19ClFN6O2/c1-27-19-18(20(31)28(2)22(27)32)29-12-17(14-5-9-16(24)10-6-14)26-30(21(29)25-19)11-13-3-7-15(23)8-4-13/h3-10,18H,11-12H2,1-2H3/q+1. The van der Waals surface area contributed by atoms with Gasteiger partial charge in [0.05, 0.1) is 0 Å². The lowest BCUT2D eigenvalue weighted by Crippen LogP contribution is -2.62. The molecule has 1 unspecified atom stereocenters. The van der Waals surface area contributed by atoms with Crippen LogP contribution in [-0.2, 0) is 11.3 Å². The average molecular weight is 454 g/mol. The van der Waals surface area contributed by atoms with E-state index in [-0.39, 0.29) is 18.3 Å². The Kier molecular flexibility index (Phi) is 4.78. The summed E-state index contributed by atoms with van der Waals surface area (Å²) in [6.07, 6.45) is 0. The number of carbonyl (C=O) groups excluding carboxylic acids is 2. The Morgan fingerprint density at radius 1 is 1.06 bits per heavy atom. The number of imide groups is 1. The quantitative estimate of drug-likeness (QED) is 0.670. The number of halogens is 2. The zero-order chi connectivity index (χ0) is 22.6. The monoisotopic (exact) mass is 453 g/mol. The van der Waals surface area contributed by atoms with E-state index in [1.807, 2.05) is 16.7 Å². The fourth-order valence-electron chi connectivity index (χ4n) is 4.00. The minimum absolute atomic E-state index is 0.289. The van der Waals surface area contributed by atoms with E-state index in [9.17, 15) is 14.0 Å². The van der Waals surface area contributed by atoms with Gasteiger partial charge in [-0.25, -0.2) is 13.8 Å². The minimum atomic E-state index is -0.739. The van der Waals surface area contributed by atoms with Crippen LogP contribution >= 0.6 is 11.6 Å². The second-order valence-corrected chi connectivity index (χ2v) is 8.21. The molecule has 0 aliphatic carbocycles. The van der Waals surface area contributed by atoms with Crippen molar-refractivity contribution < 1.29 is 18.6 Å².